The molecule has 0 fully saturated rings. The van der Waals surface area contributed by atoms with Crippen LogP contribution in [0.25, 0.3) is 5.82 Å². The van der Waals surface area contributed by atoms with Gasteiger partial charge in [0.2, 0.25) is 5.88 Å². The fourth-order valence-corrected chi connectivity index (χ4v) is 2.62. The normalized spacial score (nSPS) is 10.7. The van der Waals surface area contributed by atoms with Gasteiger partial charge < -0.3 is 14.6 Å². The summed E-state index contributed by atoms with van der Waals surface area (Å²) in [6, 6.07) is 12.0. The molecule has 3 aromatic heterocycles. The SMILES string of the molecule is Cc1cc(C(=O)Nc2ccc(Oc3ccc(-n4cnc(C)c4C)nn3)cc2)no1. The molecule has 0 saturated carbocycles. The minimum absolute atomic E-state index is 0.224. The number of amides is 1. The van der Waals surface area contributed by atoms with Crippen LogP contribution in [0.4, 0.5) is 5.69 Å². The Kier molecular flexibility index (Phi) is 4.78. The van der Waals surface area contributed by atoms with Gasteiger partial charge in [-0.3, -0.25) is 9.36 Å². The van der Waals surface area contributed by atoms with Gasteiger partial charge in [-0.15, -0.1) is 10.2 Å². The van der Waals surface area contributed by atoms with E-state index in [0.29, 0.717) is 28.9 Å². The third-order valence-electron chi connectivity index (χ3n) is 4.32. The number of hydrogen-bond donors (Lipinski definition) is 1. The van der Waals surface area contributed by atoms with Crippen LogP contribution in [0, 0.1) is 20.8 Å². The molecule has 29 heavy (non-hydrogen) atoms. The van der Waals surface area contributed by atoms with Crippen molar-refractivity contribution in [3.05, 3.63) is 71.6 Å². The van der Waals surface area contributed by atoms with Crippen molar-refractivity contribution < 1.29 is 14.1 Å². The number of rotatable bonds is 5. The van der Waals surface area contributed by atoms with Gasteiger partial charge in [0.1, 0.15) is 17.8 Å². The van der Waals surface area contributed by atoms with E-state index < -0.39 is 0 Å². The summed E-state index contributed by atoms with van der Waals surface area (Å²) in [6.45, 7) is 5.64. The second-order valence-corrected chi connectivity index (χ2v) is 6.42. The molecule has 9 heteroatoms. The number of anilines is 1. The fraction of sp³-hybridized carbons (Fsp3) is 0.150. The molecular formula is C20H18N6O3. The molecule has 3 heterocycles. The van der Waals surface area contributed by atoms with Crippen LogP contribution < -0.4 is 10.1 Å². The number of carbonyl (C=O) groups excluding carboxylic acids is 1. The Hall–Kier alpha value is -4.01. The number of carbonyl (C=O) groups is 1. The Bertz CT molecular complexity index is 1150. The van der Waals surface area contributed by atoms with Crippen LogP contribution in [0.3, 0.4) is 0 Å². The number of nitrogens with zero attached hydrogens (tertiary/aromatic N) is 5. The molecule has 4 rings (SSSR count). The molecular weight excluding hydrogens is 372 g/mol. The first-order valence-corrected chi connectivity index (χ1v) is 8.87. The molecule has 0 aliphatic rings. The third kappa shape index (κ3) is 3.98. The Morgan fingerprint density at radius 1 is 1.07 bits per heavy atom. The highest BCUT2D eigenvalue weighted by Crippen LogP contribution is 2.22. The van der Waals surface area contributed by atoms with Gasteiger partial charge in [-0.05, 0) is 51.1 Å². The molecule has 0 unspecified atom stereocenters. The van der Waals surface area contributed by atoms with Gasteiger partial charge in [0, 0.05) is 23.5 Å². The largest absolute Gasteiger partial charge is 0.438 e. The summed E-state index contributed by atoms with van der Waals surface area (Å²) in [7, 11) is 0. The highest BCUT2D eigenvalue weighted by molar-refractivity contribution is 6.02. The lowest BCUT2D eigenvalue weighted by Crippen LogP contribution is -2.11. The predicted molar refractivity (Wildman–Crippen MR) is 104 cm³/mol. The highest BCUT2D eigenvalue weighted by atomic mass is 16.5. The van der Waals surface area contributed by atoms with Crippen molar-refractivity contribution >= 4 is 11.6 Å². The monoisotopic (exact) mass is 390 g/mol. The van der Waals surface area contributed by atoms with Gasteiger partial charge in [-0.2, -0.15) is 0 Å². The molecule has 0 spiro atoms. The van der Waals surface area contributed by atoms with E-state index in [4.69, 9.17) is 9.26 Å². The number of aromatic nitrogens is 5. The number of benzene rings is 1. The second kappa shape index (κ2) is 7.55. The van der Waals surface area contributed by atoms with Crippen LogP contribution >= 0.6 is 0 Å². The number of hydrogen-bond acceptors (Lipinski definition) is 7. The van der Waals surface area contributed by atoms with E-state index >= 15 is 0 Å². The summed E-state index contributed by atoms with van der Waals surface area (Å²) < 4.78 is 12.5. The van der Waals surface area contributed by atoms with E-state index in [1.165, 1.54) is 0 Å². The zero-order valence-electron chi connectivity index (χ0n) is 16.1. The Morgan fingerprint density at radius 2 is 1.86 bits per heavy atom. The second-order valence-electron chi connectivity index (χ2n) is 6.42. The highest BCUT2D eigenvalue weighted by Gasteiger charge is 2.11. The molecule has 1 aromatic carbocycles. The fourth-order valence-electron chi connectivity index (χ4n) is 2.62. The van der Waals surface area contributed by atoms with Crippen LogP contribution in [0.2, 0.25) is 0 Å². The molecule has 9 nitrogen and oxygen atoms in total. The van der Waals surface area contributed by atoms with Crippen molar-refractivity contribution in [2.45, 2.75) is 20.8 Å². The van der Waals surface area contributed by atoms with E-state index in [0.717, 1.165) is 11.4 Å². The van der Waals surface area contributed by atoms with E-state index in [1.807, 2.05) is 24.5 Å². The number of aryl methyl sites for hydroxylation is 2. The smallest absolute Gasteiger partial charge is 0.277 e. The molecule has 0 aliphatic heterocycles. The molecule has 4 aromatic rings. The standard InChI is InChI=1S/C20H18N6O3/c1-12-10-17(25-29-12)20(27)22-15-4-6-16(7-5-15)28-19-9-8-18(23-24-19)26-11-21-13(2)14(26)3/h4-11H,1-3H3,(H,22,27). The maximum absolute atomic E-state index is 12.1. The van der Waals surface area contributed by atoms with E-state index in [-0.39, 0.29) is 11.6 Å². The summed E-state index contributed by atoms with van der Waals surface area (Å²) >= 11 is 0. The molecule has 1 N–H and O–H groups in total. The van der Waals surface area contributed by atoms with Crippen molar-refractivity contribution in [1.82, 2.24) is 24.9 Å². The molecule has 0 bridgehead atoms. The maximum Gasteiger partial charge on any atom is 0.277 e. The van der Waals surface area contributed by atoms with Crippen LogP contribution in [0.1, 0.15) is 27.6 Å². The van der Waals surface area contributed by atoms with Gasteiger partial charge in [0.15, 0.2) is 11.5 Å². The lowest BCUT2D eigenvalue weighted by molar-refractivity contribution is 0.101. The van der Waals surface area contributed by atoms with Gasteiger partial charge in [-0.25, -0.2) is 4.98 Å². The maximum atomic E-state index is 12.1. The van der Waals surface area contributed by atoms with Gasteiger partial charge in [0.05, 0.1) is 5.69 Å². The van der Waals surface area contributed by atoms with Crippen LogP contribution in [-0.4, -0.2) is 30.8 Å². The Morgan fingerprint density at radius 3 is 2.45 bits per heavy atom. The molecule has 0 aliphatic carbocycles. The molecule has 146 valence electrons. The third-order valence-corrected chi connectivity index (χ3v) is 4.32. The first-order chi connectivity index (χ1) is 14.0. The molecule has 0 atom stereocenters. The average Bonchev–Trinajstić information content (AvgIpc) is 3.30. The quantitative estimate of drug-likeness (QED) is 0.554. The van der Waals surface area contributed by atoms with E-state index in [1.54, 1.807) is 49.6 Å². The van der Waals surface area contributed by atoms with Gasteiger partial charge in [-0.1, -0.05) is 5.16 Å². The summed E-state index contributed by atoms with van der Waals surface area (Å²) in [5.41, 5.74) is 2.78. The molecule has 1 amide bonds. The van der Waals surface area contributed by atoms with E-state index in [9.17, 15) is 4.79 Å². The van der Waals surface area contributed by atoms with Crippen LogP contribution in [0.15, 0.2) is 53.3 Å². The number of ether oxygens (including phenoxy) is 1. The van der Waals surface area contributed by atoms with Gasteiger partial charge in [0.25, 0.3) is 5.91 Å². The van der Waals surface area contributed by atoms with Crippen molar-refractivity contribution in [1.29, 1.82) is 0 Å². The van der Waals surface area contributed by atoms with Crippen molar-refractivity contribution in [2.24, 2.45) is 0 Å². The minimum Gasteiger partial charge on any atom is -0.438 e. The lowest BCUT2D eigenvalue weighted by atomic mass is 10.3. The summed E-state index contributed by atoms with van der Waals surface area (Å²) in [6.07, 6.45) is 1.71. The predicted octanol–water partition coefficient (Wildman–Crippen LogP) is 3.62. The van der Waals surface area contributed by atoms with Crippen LogP contribution in [0.5, 0.6) is 11.6 Å². The van der Waals surface area contributed by atoms with Crippen LogP contribution in [-0.2, 0) is 0 Å². The zero-order valence-corrected chi connectivity index (χ0v) is 16.1. The first-order valence-electron chi connectivity index (χ1n) is 8.87. The summed E-state index contributed by atoms with van der Waals surface area (Å²) in [5, 5.41) is 14.7. The summed E-state index contributed by atoms with van der Waals surface area (Å²) in [5.74, 6) is 1.82. The van der Waals surface area contributed by atoms with E-state index in [2.05, 4.69) is 25.7 Å². The number of nitrogens with one attached hydrogen (secondary N) is 1. The number of imidazole rings is 1. The van der Waals surface area contributed by atoms with Gasteiger partial charge >= 0.3 is 0 Å². The van der Waals surface area contributed by atoms with Crippen molar-refractivity contribution in [2.75, 3.05) is 5.32 Å². The molecule has 0 radical (unpaired) electrons. The first kappa shape index (κ1) is 18.4. The zero-order chi connectivity index (χ0) is 20.4. The minimum atomic E-state index is -0.345. The average molecular weight is 390 g/mol. The Labute approximate surface area is 166 Å². The summed E-state index contributed by atoms with van der Waals surface area (Å²) in [4.78, 5) is 16.3. The van der Waals surface area contributed by atoms with Crippen molar-refractivity contribution in [3.8, 4) is 17.4 Å². The Balaban J connectivity index is 1.41. The topological polar surface area (TPSA) is 108 Å². The lowest BCUT2D eigenvalue weighted by Gasteiger charge is -2.08. The van der Waals surface area contributed by atoms with Crippen molar-refractivity contribution in [3.63, 3.8) is 0 Å². The molecule has 0 saturated heterocycles.